The Morgan fingerprint density at radius 3 is 2.31 bits per heavy atom. The molecule has 0 spiro atoms. The lowest BCUT2D eigenvalue weighted by Crippen LogP contribution is -2.51. The fourth-order valence-corrected chi connectivity index (χ4v) is 6.37. The largest absolute Gasteiger partial charge is 0.325 e. The second-order valence-corrected chi connectivity index (χ2v) is 9.28. The molecule has 4 nitrogen and oxygen atoms in total. The van der Waals surface area contributed by atoms with Crippen LogP contribution in [-0.2, 0) is 4.79 Å². The van der Waals surface area contributed by atoms with E-state index in [1.807, 2.05) is 12.1 Å². The highest BCUT2D eigenvalue weighted by Crippen LogP contribution is 2.60. The lowest BCUT2D eigenvalue weighted by Gasteiger charge is -2.57. The standard InChI is InChI=1S/C22H30N2O2/c1-15(25)19-4-3-5-20(9-19)23-21(26)13-24(2)14-22-10-16-6-17(11-22)8-18(7-16)12-22/h3-5,9,16-18H,6-8,10-14H2,1-2H3,(H,23,26). The second-order valence-electron chi connectivity index (χ2n) is 9.28. The van der Waals surface area contributed by atoms with Crippen LogP contribution in [0.25, 0.3) is 0 Å². The number of benzene rings is 1. The van der Waals surface area contributed by atoms with Gasteiger partial charge in [-0.3, -0.25) is 14.5 Å². The van der Waals surface area contributed by atoms with Crippen molar-refractivity contribution in [3.63, 3.8) is 0 Å². The molecule has 0 aromatic heterocycles. The van der Waals surface area contributed by atoms with Crippen LogP contribution in [0.3, 0.4) is 0 Å². The normalized spacial score (nSPS) is 32.0. The molecule has 4 fully saturated rings. The summed E-state index contributed by atoms with van der Waals surface area (Å²) in [5.74, 6) is 2.84. The van der Waals surface area contributed by atoms with Gasteiger partial charge in [0.2, 0.25) is 5.91 Å². The monoisotopic (exact) mass is 354 g/mol. The van der Waals surface area contributed by atoms with Crippen LogP contribution in [0.5, 0.6) is 0 Å². The van der Waals surface area contributed by atoms with Crippen LogP contribution in [0.15, 0.2) is 24.3 Å². The fraction of sp³-hybridized carbons (Fsp3) is 0.636. The summed E-state index contributed by atoms with van der Waals surface area (Å²) < 4.78 is 0. The molecular weight excluding hydrogens is 324 g/mol. The Hall–Kier alpha value is -1.68. The number of ketones is 1. The van der Waals surface area contributed by atoms with Crippen LogP contribution < -0.4 is 5.32 Å². The van der Waals surface area contributed by atoms with Crippen LogP contribution in [0.2, 0.25) is 0 Å². The van der Waals surface area contributed by atoms with Gasteiger partial charge in [-0.05, 0) is 87.8 Å². The molecule has 4 saturated carbocycles. The number of rotatable bonds is 6. The number of carbonyl (C=O) groups is 2. The van der Waals surface area contributed by atoms with Gasteiger partial charge in [0.1, 0.15) is 0 Å². The van der Waals surface area contributed by atoms with Gasteiger partial charge in [0.25, 0.3) is 0 Å². The Morgan fingerprint density at radius 2 is 1.73 bits per heavy atom. The number of amides is 1. The molecule has 0 atom stereocenters. The van der Waals surface area contributed by atoms with E-state index in [4.69, 9.17) is 0 Å². The highest BCUT2D eigenvalue weighted by Gasteiger charge is 2.51. The van der Waals surface area contributed by atoms with E-state index in [9.17, 15) is 9.59 Å². The summed E-state index contributed by atoms with van der Waals surface area (Å²) in [7, 11) is 2.07. The van der Waals surface area contributed by atoms with Gasteiger partial charge in [-0.25, -0.2) is 0 Å². The molecule has 1 aromatic carbocycles. The lowest BCUT2D eigenvalue weighted by molar-refractivity contribution is -0.118. The summed E-state index contributed by atoms with van der Waals surface area (Å²) in [6, 6.07) is 7.17. The molecule has 4 aliphatic carbocycles. The minimum absolute atomic E-state index is 0.00192. The Labute approximate surface area is 156 Å². The van der Waals surface area contributed by atoms with Crippen LogP contribution in [-0.4, -0.2) is 36.7 Å². The maximum Gasteiger partial charge on any atom is 0.238 e. The third-order valence-corrected chi connectivity index (χ3v) is 6.74. The zero-order valence-corrected chi connectivity index (χ0v) is 16.0. The van der Waals surface area contributed by atoms with E-state index in [1.165, 1.54) is 38.5 Å². The Kier molecular flexibility index (Phi) is 4.64. The van der Waals surface area contributed by atoms with Gasteiger partial charge in [-0.15, -0.1) is 0 Å². The van der Waals surface area contributed by atoms with Crippen molar-refractivity contribution >= 4 is 17.4 Å². The van der Waals surface area contributed by atoms with Crippen molar-refractivity contribution in [2.45, 2.75) is 45.4 Å². The van der Waals surface area contributed by atoms with E-state index >= 15 is 0 Å². The molecule has 0 saturated heterocycles. The number of hydrogen-bond donors (Lipinski definition) is 1. The number of anilines is 1. The predicted molar refractivity (Wildman–Crippen MR) is 103 cm³/mol. The van der Waals surface area contributed by atoms with E-state index in [2.05, 4.69) is 17.3 Å². The van der Waals surface area contributed by atoms with Crippen molar-refractivity contribution < 1.29 is 9.59 Å². The van der Waals surface area contributed by atoms with E-state index in [0.717, 1.165) is 24.3 Å². The summed E-state index contributed by atoms with van der Waals surface area (Å²) in [4.78, 5) is 26.1. The zero-order chi connectivity index (χ0) is 18.3. The lowest BCUT2D eigenvalue weighted by atomic mass is 9.49. The predicted octanol–water partition coefficient (Wildman–Crippen LogP) is 3.98. The Bertz CT molecular complexity index is 677. The molecule has 1 amide bonds. The summed E-state index contributed by atoms with van der Waals surface area (Å²) in [6.07, 6.45) is 8.46. The van der Waals surface area contributed by atoms with Crippen molar-refractivity contribution in [2.75, 3.05) is 25.5 Å². The Balaban J connectivity index is 1.33. The molecule has 0 heterocycles. The van der Waals surface area contributed by atoms with Gasteiger partial charge >= 0.3 is 0 Å². The topological polar surface area (TPSA) is 49.4 Å². The smallest absolute Gasteiger partial charge is 0.238 e. The van der Waals surface area contributed by atoms with Crippen LogP contribution in [0.4, 0.5) is 5.69 Å². The molecule has 1 aromatic rings. The van der Waals surface area contributed by atoms with Gasteiger partial charge in [0.05, 0.1) is 6.54 Å². The molecule has 0 unspecified atom stereocenters. The summed E-state index contributed by atoms with van der Waals surface area (Å²) in [5, 5.41) is 2.94. The fourth-order valence-electron chi connectivity index (χ4n) is 6.37. The van der Waals surface area contributed by atoms with Crippen molar-refractivity contribution in [2.24, 2.45) is 23.2 Å². The van der Waals surface area contributed by atoms with Gasteiger partial charge in [-0.1, -0.05) is 12.1 Å². The highest BCUT2D eigenvalue weighted by atomic mass is 16.2. The number of Topliss-reactive ketones (excluding diaryl/α,β-unsaturated/α-hetero) is 1. The van der Waals surface area contributed by atoms with Crippen LogP contribution >= 0.6 is 0 Å². The van der Waals surface area contributed by atoms with E-state index < -0.39 is 0 Å². The summed E-state index contributed by atoms with van der Waals surface area (Å²) in [6.45, 7) is 2.99. The van der Waals surface area contributed by atoms with Gasteiger partial charge in [0, 0.05) is 17.8 Å². The minimum atomic E-state index is -0.00192. The first-order valence-corrected chi connectivity index (χ1v) is 10.0. The van der Waals surface area contributed by atoms with Crippen molar-refractivity contribution in [3.8, 4) is 0 Å². The van der Waals surface area contributed by atoms with Crippen molar-refractivity contribution in [1.29, 1.82) is 0 Å². The SMILES string of the molecule is CC(=O)c1cccc(NC(=O)CN(C)CC23CC4CC(CC(C4)C2)C3)c1. The molecule has 4 heteroatoms. The number of likely N-dealkylation sites (N-methyl/N-ethyl adjacent to an activating group) is 1. The van der Waals surface area contributed by atoms with E-state index in [1.54, 1.807) is 19.1 Å². The second kappa shape index (κ2) is 6.80. The molecule has 0 aliphatic heterocycles. The molecule has 26 heavy (non-hydrogen) atoms. The Morgan fingerprint density at radius 1 is 1.12 bits per heavy atom. The average Bonchev–Trinajstić information content (AvgIpc) is 2.52. The van der Waals surface area contributed by atoms with E-state index in [-0.39, 0.29) is 11.7 Å². The number of hydrogen-bond acceptors (Lipinski definition) is 3. The first-order valence-electron chi connectivity index (χ1n) is 10.0. The molecule has 140 valence electrons. The third-order valence-electron chi connectivity index (χ3n) is 6.74. The quantitative estimate of drug-likeness (QED) is 0.786. The van der Waals surface area contributed by atoms with Gasteiger partial charge < -0.3 is 5.32 Å². The summed E-state index contributed by atoms with van der Waals surface area (Å²) >= 11 is 0. The van der Waals surface area contributed by atoms with Crippen molar-refractivity contribution in [3.05, 3.63) is 29.8 Å². The molecule has 4 bridgehead atoms. The van der Waals surface area contributed by atoms with Crippen LogP contribution in [0.1, 0.15) is 55.8 Å². The number of nitrogens with one attached hydrogen (secondary N) is 1. The molecule has 0 radical (unpaired) electrons. The number of nitrogens with zero attached hydrogens (tertiary/aromatic N) is 1. The zero-order valence-electron chi connectivity index (χ0n) is 16.0. The van der Waals surface area contributed by atoms with E-state index in [0.29, 0.717) is 23.2 Å². The molecule has 4 aliphatic rings. The molecule has 1 N–H and O–H groups in total. The minimum Gasteiger partial charge on any atom is -0.325 e. The maximum atomic E-state index is 12.5. The maximum absolute atomic E-state index is 12.5. The number of carbonyl (C=O) groups excluding carboxylic acids is 2. The van der Waals surface area contributed by atoms with Crippen LogP contribution in [0, 0.1) is 23.2 Å². The molecule has 5 rings (SSSR count). The summed E-state index contributed by atoms with van der Waals surface area (Å²) in [5.41, 5.74) is 1.79. The first-order chi connectivity index (χ1) is 12.4. The molecular formula is C22H30N2O2. The van der Waals surface area contributed by atoms with Crippen molar-refractivity contribution in [1.82, 2.24) is 4.90 Å². The average molecular weight is 354 g/mol. The third kappa shape index (κ3) is 3.71. The highest BCUT2D eigenvalue weighted by molar-refractivity contribution is 5.97. The van der Waals surface area contributed by atoms with Gasteiger partial charge in [-0.2, -0.15) is 0 Å². The first kappa shape index (κ1) is 17.7. The van der Waals surface area contributed by atoms with Gasteiger partial charge in [0.15, 0.2) is 5.78 Å².